The Hall–Kier alpha value is -2.43. The molecule has 5 nitrogen and oxygen atoms in total. The summed E-state index contributed by atoms with van der Waals surface area (Å²) in [7, 11) is 0. The highest BCUT2D eigenvalue weighted by molar-refractivity contribution is 5.83. The van der Waals surface area contributed by atoms with Crippen LogP contribution in [0.3, 0.4) is 0 Å². The fourth-order valence-electron chi connectivity index (χ4n) is 4.62. The number of carbonyl (C=O) groups is 1. The molecular weight excluding hydrogens is 362 g/mol. The molecule has 1 aromatic carbocycles. The van der Waals surface area contributed by atoms with Gasteiger partial charge in [0.25, 0.3) is 5.56 Å². The Morgan fingerprint density at radius 2 is 1.76 bits per heavy atom. The van der Waals surface area contributed by atoms with E-state index in [4.69, 9.17) is 5.10 Å². The molecule has 29 heavy (non-hydrogen) atoms. The first kappa shape index (κ1) is 19.9. The van der Waals surface area contributed by atoms with Crippen LogP contribution in [0.15, 0.2) is 35.1 Å². The minimum Gasteiger partial charge on any atom is -0.342 e. The summed E-state index contributed by atoms with van der Waals surface area (Å²) >= 11 is 0. The third-order valence-corrected chi connectivity index (χ3v) is 6.55. The van der Waals surface area contributed by atoms with Crippen LogP contribution < -0.4 is 5.56 Å². The fraction of sp³-hybridized carbons (Fsp3) is 0.542. The number of aromatic nitrogens is 2. The minimum absolute atomic E-state index is 0.0171. The van der Waals surface area contributed by atoms with Crippen molar-refractivity contribution >= 4 is 5.91 Å². The molecule has 2 aliphatic rings. The van der Waals surface area contributed by atoms with Crippen LogP contribution in [0.1, 0.15) is 73.4 Å². The Kier molecular flexibility index (Phi) is 5.84. The quantitative estimate of drug-likeness (QED) is 0.746. The van der Waals surface area contributed by atoms with Crippen molar-refractivity contribution in [2.75, 3.05) is 13.1 Å². The van der Waals surface area contributed by atoms with E-state index in [-0.39, 0.29) is 23.4 Å². The molecule has 0 N–H and O–H groups in total. The van der Waals surface area contributed by atoms with Gasteiger partial charge in [-0.3, -0.25) is 9.59 Å². The van der Waals surface area contributed by atoms with E-state index in [2.05, 4.69) is 19.1 Å². The van der Waals surface area contributed by atoms with E-state index in [0.29, 0.717) is 13.1 Å². The largest absolute Gasteiger partial charge is 0.342 e. The monoisotopic (exact) mass is 393 g/mol. The lowest BCUT2D eigenvalue weighted by Gasteiger charge is -2.34. The molecule has 1 saturated heterocycles. The SMILES string of the molecule is Cc1ccc(C(C)C(=O)N2CCC(n3nc4c(cc3=O)CCCCC4)CC2)cc1. The highest BCUT2D eigenvalue weighted by Gasteiger charge is 2.28. The number of rotatable bonds is 3. The van der Waals surface area contributed by atoms with Gasteiger partial charge in [0.2, 0.25) is 5.91 Å². The predicted molar refractivity (Wildman–Crippen MR) is 114 cm³/mol. The molecule has 1 amide bonds. The average molecular weight is 394 g/mol. The molecule has 154 valence electrons. The van der Waals surface area contributed by atoms with Crippen molar-refractivity contribution in [1.82, 2.24) is 14.7 Å². The van der Waals surface area contributed by atoms with E-state index in [1.54, 1.807) is 4.68 Å². The van der Waals surface area contributed by atoms with Gasteiger partial charge in [-0.2, -0.15) is 5.10 Å². The predicted octanol–water partition coefficient (Wildman–Crippen LogP) is 3.79. The molecule has 1 aliphatic carbocycles. The van der Waals surface area contributed by atoms with E-state index in [9.17, 15) is 9.59 Å². The van der Waals surface area contributed by atoms with Crippen LogP contribution in [0.2, 0.25) is 0 Å². The molecule has 1 fully saturated rings. The molecule has 0 saturated carbocycles. The lowest BCUT2D eigenvalue weighted by atomic mass is 9.96. The van der Waals surface area contributed by atoms with E-state index < -0.39 is 0 Å². The number of fused-ring (bicyclic) bond motifs is 1. The Bertz CT molecular complexity index is 924. The lowest BCUT2D eigenvalue weighted by molar-refractivity contribution is -0.133. The number of aryl methyl sites for hydroxylation is 3. The number of carbonyl (C=O) groups excluding carboxylic acids is 1. The standard InChI is InChI=1S/C24H31N3O2/c1-17-8-10-19(11-9-17)18(2)24(29)26-14-12-21(13-15-26)27-23(28)16-20-6-4-3-5-7-22(20)25-27/h8-11,16,18,21H,3-7,12-15H2,1-2H3. The lowest BCUT2D eigenvalue weighted by Crippen LogP contribution is -2.43. The van der Waals surface area contributed by atoms with E-state index in [1.807, 2.05) is 30.0 Å². The Labute approximate surface area is 172 Å². The molecule has 1 aromatic heterocycles. The molecule has 4 rings (SSSR count). The first-order valence-electron chi connectivity index (χ1n) is 11.0. The molecule has 2 heterocycles. The van der Waals surface area contributed by atoms with E-state index in [1.165, 1.54) is 12.0 Å². The highest BCUT2D eigenvalue weighted by atomic mass is 16.2. The minimum atomic E-state index is -0.138. The van der Waals surface area contributed by atoms with Crippen molar-refractivity contribution in [1.29, 1.82) is 0 Å². The average Bonchev–Trinajstić information content (AvgIpc) is 2.97. The van der Waals surface area contributed by atoms with Crippen LogP contribution in [-0.2, 0) is 17.6 Å². The second-order valence-corrected chi connectivity index (χ2v) is 8.65. The first-order chi connectivity index (χ1) is 14.0. The van der Waals surface area contributed by atoms with Crippen LogP contribution in [0.5, 0.6) is 0 Å². The number of likely N-dealkylation sites (tertiary alicyclic amines) is 1. The molecule has 5 heteroatoms. The van der Waals surface area contributed by atoms with Crippen LogP contribution >= 0.6 is 0 Å². The molecule has 0 radical (unpaired) electrons. The van der Waals surface area contributed by atoms with Crippen molar-refractivity contribution in [2.24, 2.45) is 0 Å². The van der Waals surface area contributed by atoms with Gasteiger partial charge in [0.15, 0.2) is 0 Å². The van der Waals surface area contributed by atoms with Gasteiger partial charge in [-0.1, -0.05) is 36.2 Å². The number of piperidine rings is 1. The summed E-state index contributed by atoms with van der Waals surface area (Å²) < 4.78 is 1.70. The van der Waals surface area contributed by atoms with Gasteiger partial charge in [-0.15, -0.1) is 0 Å². The van der Waals surface area contributed by atoms with E-state index in [0.717, 1.165) is 55.3 Å². The van der Waals surface area contributed by atoms with E-state index >= 15 is 0 Å². The van der Waals surface area contributed by atoms with Crippen molar-refractivity contribution in [3.63, 3.8) is 0 Å². The fourth-order valence-corrected chi connectivity index (χ4v) is 4.62. The highest BCUT2D eigenvalue weighted by Crippen LogP contribution is 2.26. The molecule has 0 bridgehead atoms. The number of benzene rings is 1. The Morgan fingerprint density at radius 3 is 2.48 bits per heavy atom. The van der Waals surface area contributed by atoms with Crippen molar-refractivity contribution in [3.8, 4) is 0 Å². The number of amides is 1. The Morgan fingerprint density at radius 1 is 1.07 bits per heavy atom. The van der Waals surface area contributed by atoms with Gasteiger partial charge in [0.1, 0.15) is 0 Å². The summed E-state index contributed by atoms with van der Waals surface area (Å²) in [5.74, 6) is 0.0371. The van der Waals surface area contributed by atoms with Gasteiger partial charge in [-0.05, 0) is 63.5 Å². The zero-order chi connectivity index (χ0) is 20.4. The topological polar surface area (TPSA) is 55.2 Å². The summed E-state index contributed by atoms with van der Waals surface area (Å²) in [5.41, 5.74) is 4.53. The number of hydrogen-bond acceptors (Lipinski definition) is 3. The number of nitrogens with zero attached hydrogens (tertiary/aromatic N) is 3. The summed E-state index contributed by atoms with van der Waals surface area (Å²) in [6.07, 6.45) is 7.05. The molecule has 2 aromatic rings. The third-order valence-electron chi connectivity index (χ3n) is 6.55. The van der Waals surface area contributed by atoms with Crippen LogP contribution in [-0.4, -0.2) is 33.7 Å². The number of hydrogen-bond donors (Lipinski definition) is 0. The van der Waals surface area contributed by atoms with Gasteiger partial charge in [0, 0.05) is 19.2 Å². The van der Waals surface area contributed by atoms with Crippen LogP contribution in [0.25, 0.3) is 0 Å². The van der Waals surface area contributed by atoms with Crippen molar-refractivity contribution in [3.05, 3.63) is 63.1 Å². The third kappa shape index (κ3) is 4.29. The van der Waals surface area contributed by atoms with Gasteiger partial charge < -0.3 is 4.90 Å². The maximum absolute atomic E-state index is 13.0. The van der Waals surface area contributed by atoms with Gasteiger partial charge >= 0.3 is 0 Å². The Balaban J connectivity index is 1.43. The molecule has 1 unspecified atom stereocenters. The maximum Gasteiger partial charge on any atom is 0.267 e. The van der Waals surface area contributed by atoms with Crippen LogP contribution in [0, 0.1) is 6.92 Å². The summed E-state index contributed by atoms with van der Waals surface area (Å²) in [5, 5.41) is 4.76. The second kappa shape index (κ2) is 8.52. The first-order valence-corrected chi connectivity index (χ1v) is 11.0. The zero-order valence-electron chi connectivity index (χ0n) is 17.6. The summed E-state index contributed by atoms with van der Waals surface area (Å²) in [6, 6.07) is 10.1. The smallest absolute Gasteiger partial charge is 0.267 e. The van der Waals surface area contributed by atoms with Crippen LogP contribution in [0.4, 0.5) is 0 Å². The second-order valence-electron chi connectivity index (χ2n) is 8.65. The van der Waals surface area contributed by atoms with Gasteiger partial charge in [0.05, 0.1) is 17.7 Å². The summed E-state index contributed by atoms with van der Waals surface area (Å²) in [6.45, 7) is 5.41. The normalized spacial score (nSPS) is 18.8. The van der Waals surface area contributed by atoms with Crippen molar-refractivity contribution < 1.29 is 4.79 Å². The molecular formula is C24H31N3O2. The molecule has 0 spiro atoms. The zero-order valence-corrected chi connectivity index (χ0v) is 17.6. The molecule has 1 atom stereocenters. The van der Waals surface area contributed by atoms with Gasteiger partial charge in [-0.25, -0.2) is 4.68 Å². The van der Waals surface area contributed by atoms with Crippen molar-refractivity contribution in [2.45, 2.75) is 70.8 Å². The maximum atomic E-state index is 13.0. The summed E-state index contributed by atoms with van der Waals surface area (Å²) in [4.78, 5) is 27.6. The molecule has 1 aliphatic heterocycles.